The van der Waals surface area contributed by atoms with Gasteiger partial charge in [-0.1, -0.05) is 41.9 Å². The van der Waals surface area contributed by atoms with Crippen molar-refractivity contribution >= 4 is 17.3 Å². The lowest BCUT2D eigenvalue weighted by molar-refractivity contribution is 0.269. The molecule has 3 nitrogen and oxygen atoms in total. The number of piperazine rings is 1. The minimum absolute atomic E-state index is 0.355. The van der Waals surface area contributed by atoms with E-state index in [2.05, 4.69) is 52.2 Å². The molecule has 0 amide bonds. The van der Waals surface area contributed by atoms with E-state index < -0.39 is 0 Å². The molecule has 1 aliphatic rings. The molecule has 20 heavy (non-hydrogen) atoms. The molecule has 3 rings (SSSR count). The van der Waals surface area contributed by atoms with Crippen LogP contribution in [0.2, 0.25) is 5.15 Å². The van der Waals surface area contributed by atoms with Gasteiger partial charge < -0.3 is 9.80 Å². The van der Waals surface area contributed by atoms with Crippen LogP contribution in [-0.2, 0) is 0 Å². The highest BCUT2D eigenvalue weighted by Crippen LogP contribution is 2.30. The van der Waals surface area contributed by atoms with Gasteiger partial charge in [0, 0.05) is 31.5 Å². The first-order valence-corrected chi connectivity index (χ1v) is 7.23. The molecule has 1 aromatic heterocycles. The Hall–Kier alpha value is -1.58. The van der Waals surface area contributed by atoms with Gasteiger partial charge in [-0.3, -0.25) is 0 Å². The third-order valence-corrected chi connectivity index (χ3v) is 4.02. The summed E-state index contributed by atoms with van der Waals surface area (Å²) < 4.78 is 0. The van der Waals surface area contributed by atoms with E-state index in [1.807, 2.05) is 12.1 Å². The van der Waals surface area contributed by atoms with Crippen molar-refractivity contribution in [2.45, 2.75) is 6.04 Å². The first kappa shape index (κ1) is 13.4. The summed E-state index contributed by atoms with van der Waals surface area (Å²) >= 11 is 6.04. The van der Waals surface area contributed by atoms with Crippen molar-refractivity contribution in [1.82, 2.24) is 9.88 Å². The van der Waals surface area contributed by atoms with E-state index in [4.69, 9.17) is 11.6 Å². The Bertz CT molecular complexity index is 573. The molecule has 1 unspecified atom stereocenters. The minimum atomic E-state index is 0.355. The summed E-state index contributed by atoms with van der Waals surface area (Å²) in [5.41, 5.74) is 2.49. The maximum absolute atomic E-state index is 6.04. The molecule has 0 aliphatic carbocycles. The summed E-state index contributed by atoms with van der Waals surface area (Å²) in [6.45, 7) is 3.07. The van der Waals surface area contributed by atoms with Crippen molar-refractivity contribution in [3.8, 4) is 0 Å². The summed E-state index contributed by atoms with van der Waals surface area (Å²) in [6, 6.07) is 15.0. The van der Waals surface area contributed by atoms with E-state index in [0.717, 1.165) is 25.3 Å². The largest absolute Gasteiger partial charge is 0.362 e. The van der Waals surface area contributed by atoms with Crippen LogP contribution in [0.4, 0.5) is 5.69 Å². The molecular formula is C16H18ClN3. The van der Waals surface area contributed by atoms with Gasteiger partial charge in [0.25, 0.3) is 0 Å². The quantitative estimate of drug-likeness (QED) is 0.791. The summed E-state index contributed by atoms with van der Waals surface area (Å²) in [7, 11) is 2.17. The number of hydrogen-bond donors (Lipinski definition) is 0. The molecule has 1 aliphatic heterocycles. The van der Waals surface area contributed by atoms with Crippen LogP contribution in [0, 0.1) is 0 Å². The summed E-state index contributed by atoms with van der Waals surface area (Å²) in [4.78, 5) is 8.87. The standard InChI is InChI=1S/C16H18ClN3/c1-19-9-10-20(14-7-8-18-16(17)11-14)15(12-19)13-5-3-2-4-6-13/h2-8,11,15H,9-10,12H2,1H3. The number of halogens is 1. The predicted molar refractivity (Wildman–Crippen MR) is 83.3 cm³/mol. The number of hydrogen-bond acceptors (Lipinski definition) is 3. The third-order valence-electron chi connectivity index (χ3n) is 3.81. The number of likely N-dealkylation sites (N-methyl/N-ethyl adjacent to an activating group) is 1. The number of benzene rings is 1. The average molecular weight is 288 g/mol. The van der Waals surface area contributed by atoms with Crippen LogP contribution in [0.1, 0.15) is 11.6 Å². The first-order valence-electron chi connectivity index (χ1n) is 6.86. The van der Waals surface area contributed by atoms with Gasteiger partial charge in [-0.05, 0) is 24.7 Å². The average Bonchev–Trinajstić information content (AvgIpc) is 2.48. The van der Waals surface area contributed by atoms with E-state index in [9.17, 15) is 0 Å². The highest BCUT2D eigenvalue weighted by molar-refractivity contribution is 6.29. The first-order chi connectivity index (χ1) is 9.74. The third kappa shape index (κ3) is 2.79. The molecule has 2 heterocycles. The van der Waals surface area contributed by atoms with Crippen molar-refractivity contribution in [3.05, 3.63) is 59.4 Å². The van der Waals surface area contributed by atoms with Gasteiger partial charge in [0.15, 0.2) is 0 Å². The Labute approximate surface area is 124 Å². The van der Waals surface area contributed by atoms with Crippen LogP contribution >= 0.6 is 11.6 Å². The van der Waals surface area contributed by atoms with E-state index in [0.29, 0.717) is 11.2 Å². The lowest BCUT2D eigenvalue weighted by atomic mass is 10.0. The molecule has 0 bridgehead atoms. The minimum Gasteiger partial charge on any atom is -0.362 e. The van der Waals surface area contributed by atoms with E-state index in [1.54, 1.807) is 6.20 Å². The van der Waals surface area contributed by atoms with Gasteiger partial charge in [0.1, 0.15) is 5.15 Å². The number of nitrogens with zero attached hydrogens (tertiary/aromatic N) is 3. The Morgan fingerprint density at radius 3 is 2.70 bits per heavy atom. The Kier molecular flexibility index (Phi) is 3.90. The van der Waals surface area contributed by atoms with Gasteiger partial charge in [0.05, 0.1) is 6.04 Å². The normalized spacial score (nSPS) is 20.1. The maximum Gasteiger partial charge on any atom is 0.131 e. The second kappa shape index (κ2) is 5.81. The van der Waals surface area contributed by atoms with Crippen molar-refractivity contribution in [3.63, 3.8) is 0 Å². The highest BCUT2D eigenvalue weighted by Gasteiger charge is 2.26. The molecular weight excluding hydrogens is 270 g/mol. The topological polar surface area (TPSA) is 19.4 Å². The zero-order chi connectivity index (χ0) is 13.9. The van der Waals surface area contributed by atoms with Crippen molar-refractivity contribution in [2.24, 2.45) is 0 Å². The van der Waals surface area contributed by atoms with E-state index in [1.165, 1.54) is 5.56 Å². The van der Waals surface area contributed by atoms with Gasteiger partial charge >= 0.3 is 0 Å². The predicted octanol–water partition coefficient (Wildman–Crippen LogP) is 3.23. The molecule has 0 spiro atoms. The van der Waals surface area contributed by atoms with Crippen LogP contribution in [0.3, 0.4) is 0 Å². The fourth-order valence-electron chi connectivity index (χ4n) is 2.76. The molecule has 0 saturated carbocycles. The molecule has 1 atom stereocenters. The van der Waals surface area contributed by atoms with Crippen LogP contribution in [-0.4, -0.2) is 36.6 Å². The monoisotopic (exact) mass is 287 g/mol. The number of pyridine rings is 1. The summed E-state index contributed by atoms with van der Waals surface area (Å²) in [5.74, 6) is 0. The number of aromatic nitrogens is 1. The molecule has 1 saturated heterocycles. The van der Waals surface area contributed by atoms with Crippen LogP contribution in [0.15, 0.2) is 48.7 Å². The number of rotatable bonds is 2. The van der Waals surface area contributed by atoms with E-state index in [-0.39, 0.29) is 0 Å². The fraction of sp³-hybridized carbons (Fsp3) is 0.312. The van der Waals surface area contributed by atoms with Crippen LogP contribution < -0.4 is 4.90 Å². The van der Waals surface area contributed by atoms with Gasteiger partial charge in [-0.25, -0.2) is 4.98 Å². The Balaban J connectivity index is 1.95. The Morgan fingerprint density at radius 2 is 1.95 bits per heavy atom. The highest BCUT2D eigenvalue weighted by atomic mass is 35.5. The molecule has 2 aromatic rings. The molecule has 4 heteroatoms. The van der Waals surface area contributed by atoms with Gasteiger partial charge in [0.2, 0.25) is 0 Å². The molecule has 1 fully saturated rings. The van der Waals surface area contributed by atoms with Crippen molar-refractivity contribution in [2.75, 3.05) is 31.6 Å². The van der Waals surface area contributed by atoms with Gasteiger partial charge in [-0.15, -0.1) is 0 Å². The maximum atomic E-state index is 6.04. The van der Waals surface area contributed by atoms with Gasteiger partial charge in [-0.2, -0.15) is 0 Å². The zero-order valence-electron chi connectivity index (χ0n) is 11.5. The Morgan fingerprint density at radius 1 is 1.15 bits per heavy atom. The number of anilines is 1. The molecule has 1 aromatic carbocycles. The second-order valence-corrected chi connectivity index (χ2v) is 5.61. The van der Waals surface area contributed by atoms with Crippen LogP contribution in [0.5, 0.6) is 0 Å². The smallest absolute Gasteiger partial charge is 0.131 e. The molecule has 0 radical (unpaired) electrons. The zero-order valence-corrected chi connectivity index (χ0v) is 12.3. The van der Waals surface area contributed by atoms with E-state index >= 15 is 0 Å². The van der Waals surface area contributed by atoms with Crippen LogP contribution in [0.25, 0.3) is 0 Å². The SMILES string of the molecule is CN1CCN(c2ccnc(Cl)c2)C(c2ccccc2)C1. The van der Waals surface area contributed by atoms with Crippen molar-refractivity contribution in [1.29, 1.82) is 0 Å². The fourth-order valence-corrected chi connectivity index (χ4v) is 2.93. The lowest BCUT2D eigenvalue weighted by Crippen LogP contribution is -2.46. The summed E-state index contributed by atoms with van der Waals surface area (Å²) in [6.07, 6.45) is 1.78. The molecule has 104 valence electrons. The summed E-state index contributed by atoms with van der Waals surface area (Å²) in [5, 5.41) is 0.549. The molecule has 0 N–H and O–H groups in total. The van der Waals surface area contributed by atoms with Crippen molar-refractivity contribution < 1.29 is 0 Å². The second-order valence-electron chi connectivity index (χ2n) is 5.22. The lowest BCUT2D eigenvalue weighted by Gasteiger charge is -2.41.